The lowest BCUT2D eigenvalue weighted by atomic mass is 10.3. The number of rotatable bonds is 7. The Morgan fingerprint density at radius 2 is 2.26 bits per heavy atom. The summed E-state index contributed by atoms with van der Waals surface area (Å²) in [7, 11) is 0. The Balaban J connectivity index is 2.95. The van der Waals surface area contributed by atoms with Crippen LogP contribution in [0, 0.1) is 0 Å². The van der Waals surface area contributed by atoms with E-state index in [1.54, 1.807) is 6.92 Å². The van der Waals surface area contributed by atoms with Crippen LogP contribution in [0.1, 0.15) is 13.3 Å². The Labute approximate surface area is 115 Å². The molecule has 1 amide bonds. The van der Waals surface area contributed by atoms with Crippen LogP contribution in [0.15, 0.2) is 23.1 Å². The monoisotopic (exact) mass is 309 g/mol. The van der Waals surface area contributed by atoms with Gasteiger partial charge in [0.1, 0.15) is 5.75 Å². The molecular weight excluding hydrogens is 298 g/mol. The highest BCUT2D eigenvalue weighted by molar-refractivity contribution is 7.94. The van der Waals surface area contributed by atoms with Gasteiger partial charge in [0.2, 0.25) is 5.91 Å². The average Bonchev–Trinajstić information content (AvgIpc) is 2.37. The molecule has 0 fully saturated rings. The Morgan fingerprint density at radius 1 is 1.53 bits per heavy atom. The van der Waals surface area contributed by atoms with Gasteiger partial charge < -0.3 is 9.50 Å². The molecule has 19 heavy (non-hydrogen) atoms. The summed E-state index contributed by atoms with van der Waals surface area (Å²) >= 11 is -1.82. The molecule has 0 saturated heterocycles. The molecule has 0 aliphatic rings. The van der Waals surface area contributed by atoms with Gasteiger partial charge in [-0.2, -0.15) is 4.21 Å². The van der Waals surface area contributed by atoms with E-state index in [0.717, 1.165) is 0 Å². The summed E-state index contributed by atoms with van der Waals surface area (Å²) in [6, 6.07) is 4.18. The normalized spacial score (nSPS) is 11.9. The molecule has 0 radical (unpaired) electrons. The van der Waals surface area contributed by atoms with E-state index in [-0.39, 0.29) is 23.8 Å². The number of benzene rings is 1. The first kappa shape index (κ1) is 15.9. The van der Waals surface area contributed by atoms with Crippen LogP contribution in [0.4, 0.5) is 5.69 Å². The lowest BCUT2D eigenvalue weighted by molar-refractivity contribution is -0.432. The van der Waals surface area contributed by atoms with Gasteiger partial charge in [-0.3, -0.25) is 9.35 Å². The van der Waals surface area contributed by atoms with Gasteiger partial charge >= 0.3 is 11.4 Å². The van der Waals surface area contributed by atoms with Crippen molar-refractivity contribution in [2.45, 2.75) is 18.2 Å². The van der Waals surface area contributed by atoms with Gasteiger partial charge in [-0.25, -0.2) is 5.26 Å². The van der Waals surface area contributed by atoms with E-state index in [9.17, 15) is 9.00 Å². The summed E-state index contributed by atoms with van der Waals surface area (Å²) in [5, 5.41) is 14.1. The molecule has 0 aliphatic carbocycles. The van der Waals surface area contributed by atoms with Crippen molar-refractivity contribution in [2.24, 2.45) is 0 Å². The minimum Gasteiger partial charge on any atom is -0.380 e. The number of nitrogens with one attached hydrogen (secondary N) is 1. The van der Waals surface area contributed by atoms with E-state index in [4.69, 9.17) is 9.81 Å². The van der Waals surface area contributed by atoms with E-state index in [0.29, 0.717) is 16.9 Å². The topological polar surface area (TPSA) is 114 Å². The minimum atomic E-state index is -2.47. The molecule has 0 heterocycles. The van der Waals surface area contributed by atoms with Crippen LogP contribution in [0.25, 0.3) is 0 Å². The lowest BCUT2D eigenvalue weighted by Gasteiger charge is -2.10. The van der Waals surface area contributed by atoms with E-state index in [2.05, 4.69) is 18.9 Å². The first-order chi connectivity index (χ1) is 9.06. The van der Waals surface area contributed by atoms with Crippen molar-refractivity contribution in [1.82, 2.24) is 0 Å². The fraction of sp³-hybridized carbons (Fsp3) is 0.222. The highest BCUT2D eigenvalue weighted by Gasteiger charge is 2.10. The lowest BCUT2D eigenvalue weighted by Crippen LogP contribution is -2.10. The highest BCUT2D eigenvalue weighted by atomic mass is 32.2. The van der Waals surface area contributed by atoms with Crippen LogP contribution in [0.3, 0.4) is 0 Å². The predicted octanol–water partition coefficient (Wildman–Crippen LogP) is 1.98. The van der Waals surface area contributed by atoms with E-state index < -0.39 is 11.4 Å². The second-order valence-electron chi connectivity index (χ2n) is 3.09. The van der Waals surface area contributed by atoms with Crippen molar-refractivity contribution in [3.8, 4) is 5.75 Å². The Kier molecular flexibility index (Phi) is 6.77. The number of hydrogen-bond donors (Lipinski definition) is 3. The molecule has 1 unspecified atom stereocenters. The molecule has 1 atom stereocenters. The average molecular weight is 309 g/mol. The third-order valence-corrected chi connectivity index (χ3v) is 2.87. The van der Waals surface area contributed by atoms with Gasteiger partial charge in [0, 0.05) is 12.5 Å². The Bertz CT molecular complexity index is 468. The van der Waals surface area contributed by atoms with Crippen molar-refractivity contribution in [1.29, 1.82) is 0 Å². The third kappa shape index (κ3) is 5.55. The molecule has 106 valence electrons. The summed E-state index contributed by atoms with van der Waals surface area (Å²) in [5.41, 5.74) is 0.289. The summed E-state index contributed by atoms with van der Waals surface area (Å²) in [5.74, 6) is -0.185. The second-order valence-corrected chi connectivity index (χ2v) is 4.43. The maximum absolute atomic E-state index is 11.3. The van der Waals surface area contributed by atoms with Crippen molar-refractivity contribution in [3.63, 3.8) is 0 Å². The minimum absolute atomic E-state index is 0.0847. The molecule has 1 rings (SSSR count). The van der Waals surface area contributed by atoms with Gasteiger partial charge in [0.05, 0.1) is 22.6 Å². The molecule has 1 aromatic rings. The molecule has 0 aliphatic heterocycles. The standard InChI is InChI=1S/C9H11NO7S2/c1-2-9(11)10-7-5-6(15-19(13)14)3-4-8(7)18-17-16-12/h3-5,12H,2H2,1H3,(H,10,11)(H,13,14). The van der Waals surface area contributed by atoms with E-state index in [1.165, 1.54) is 18.2 Å². The summed E-state index contributed by atoms with van der Waals surface area (Å²) in [4.78, 5) is 11.8. The Hall–Kier alpha value is -1.17. The smallest absolute Gasteiger partial charge is 0.357 e. The van der Waals surface area contributed by atoms with Gasteiger partial charge in [-0.15, -0.1) is 4.33 Å². The summed E-state index contributed by atoms with van der Waals surface area (Å²) in [6.07, 6.45) is 0.248. The molecule has 3 N–H and O–H groups in total. The molecule has 0 spiro atoms. The van der Waals surface area contributed by atoms with Crippen LogP contribution in [0.5, 0.6) is 5.75 Å². The van der Waals surface area contributed by atoms with E-state index >= 15 is 0 Å². The number of amides is 1. The first-order valence-electron chi connectivity index (χ1n) is 4.94. The number of hydrogen-bond acceptors (Lipinski definition) is 7. The van der Waals surface area contributed by atoms with Crippen molar-refractivity contribution < 1.29 is 32.4 Å². The van der Waals surface area contributed by atoms with Gasteiger partial charge in [0.25, 0.3) is 0 Å². The van der Waals surface area contributed by atoms with Gasteiger partial charge in [0.15, 0.2) is 0 Å². The largest absolute Gasteiger partial charge is 0.380 e. The molecule has 0 bridgehead atoms. The zero-order chi connectivity index (χ0) is 14.3. The van der Waals surface area contributed by atoms with Crippen LogP contribution in [-0.4, -0.2) is 19.9 Å². The van der Waals surface area contributed by atoms with Crippen LogP contribution in [-0.2, 0) is 25.5 Å². The SMILES string of the molecule is CCC(=O)Nc1cc(OS(=O)O)ccc1SOOO. The van der Waals surface area contributed by atoms with Crippen LogP contribution >= 0.6 is 12.0 Å². The quantitative estimate of drug-likeness (QED) is 0.303. The molecule has 8 nitrogen and oxygen atoms in total. The Morgan fingerprint density at radius 3 is 2.84 bits per heavy atom. The second kappa shape index (κ2) is 8.09. The van der Waals surface area contributed by atoms with Crippen molar-refractivity contribution >= 4 is 35.0 Å². The van der Waals surface area contributed by atoms with Crippen molar-refractivity contribution in [2.75, 3.05) is 5.32 Å². The molecule has 0 aromatic heterocycles. The fourth-order valence-corrected chi connectivity index (χ4v) is 1.80. The maximum Gasteiger partial charge on any atom is 0.357 e. The van der Waals surface area contributed by atoms with Gasteiger partial charge in [-0.05, 0) is 12.1 Å². The zero-order valence-corrected chi connectivity index (χ0v) is 11.3. The maximum atomic E-state index is 11.3. The van der Waals surface area contributed by atoms with Crippen molar-refractivity contribution in [3.05, 3.63) is 18.2 Å². The fourth-order valence-electron chi connectivity index (χ4n) is 1.10. The number of carbonyl (C=O) groups is 1. The number of carbonyl (C=O) groups excluding carboxylic acids is 1. The predicted molar refractivity (Wildman–Crippen MR) is 67.4 cm³/mol. The zero-order valence-electron chi connectivity index (χ0n) is 9.69. The highest BCUT2D eigenvalue weighted by Crippen LogP contribution is 2.32. The van der Waals surface area contributed by atoms with Gasteiger partial charge in [-0.1, -0.05) is 12.0 Å². The van der Waals surface area contributed by atoms with E-state index in [1.807, 2.05) is 0 Å². The van der Waals surface area contributed by atoms with Crippen LogP contribution < -0.4 is 9.50 Å². The first-order valence-corrected chi connectivity index (χ1v) is 6.72. The van der Waals surface area contributed by atoms with Crippen LogP contribution in [0.2, 0.25) is 0 Å². The summed E-state index contributed by atoms with van der Waals surface area (Å²) < 4.78 is 28.0. The third-order valence-electron chi connectivity index (χ3n) is 1.87. The number of anilines is 1. The molecule has 1 aromatic carbocycles. The summed E-state index contributed by atoms with van der Waals surface area (Å²) in [6.45, 7) is 1.67. The molecule has 10 heteroatoms. The molecular formula is C9H11NO7S2. The molecule has 0 saturated carbocycles.